The Labute approximate surface area is 138 Å². The fourth-order valence-electron chi connectivity index (χ4n) is 2.07. The topological polar surface area (TPSA) is 52.0 Å². The minimum absolute atomic E-state index is 0.0600. The molecule has 21 heavy (non-hydrogen) atoms. The first-order valence-corrected chi connectivity index (χ1v) is 9.59. The number of fused-ring (bicyclic) bond motifs is 1. The van der Waals surface area contributed by atoms with Gasteiger partial charge in [-0.3, -0.25) is 0 Å². The van der Waals surface area contributed by atoms with Crippen molar-refractivity contribution in [2.24, 2.45) is 0 Å². The number of hydrogen-bond acceptors (Lipinski definition) is 3. The van der Waals surface area contributed by atoms with E-state index in [1.807, 2.05) is 4.57 Å². The van der Waals surface area contributed by atoms with Crippen LogP contribution in [0.1, 0.15) is 12.7 Å². The van der Waals surface area contributed by atoms with E-state index in [4.69, 9.17) is 34.8 Å². The number of hydrogen-bond donors (Lipinski definition) is 0. The number of alkyl halides is 1. The molecule has 0 aliphatic carbocycles. The van der Waals surface area contributed by atoms with Crippen molar-refractivity contribution in [2.75, 3.05) is 17.4 Å². The van der Waals surface area contributed by atoms with Crippen LogP contribution in [-0.4, -0.2) is 35.4 Å². The molecule has 0 amide bonds. The Kier molecular flexibility index (Phi) is 5.41. The van der Waals surface area contributed by atoms with Crippen molar-refractivity contribution in [2.45, 2.75) is 19.9 Å². The van der Waals surface area contributed by atoms with Crippen LogP contribution in [0.25, 0.3) is 11.0 Å². The number of sulfone groups is 1. The molecule has 4 nitrogen and oxygen atoms in total. The van der Waals surface area contributed by atoms with E-state index in [-0.39, 0.29) is 11.5 Å². The number of aromatic nitrogens is 2. The third kappa shape index (κ3) is 3.83. The highest BCUT2D eigenvalue weighted by molar-refractivity contribution is 7.91. The summed E-state index contributed by atoms with van der Waals surface area (Å²) in [6, 6.07) is 3.39. The molecular formula is C13H15Cl3N2O2S. The summed E-state index contributed by atoms with van der Waals surface area (Å²) in [5, 5.41) is 0.841. The summed E-state index contributed by atoms with van der Waals surface area (Å²) in [5.41, 5.74) is 1.47. The molecule has 0 saturated heterocycles. The highest BCUT2D eigenvalue weighted by Crippen LogP contribution is 2.28. The second kappa shape index (κ2) is 6.73. The highest BCUT2D eigenvalue weighted by atomic mass is 35.5. The quantitative estimate of drug-likeness (QED) is 0.732. The van der Waals surface area contributed by atoms with Crippen LogP contribution in [0, 0.1) is 0 Å². The van der Waals surface area contributed by atoms with Crippen molar-refractivity contribution in [1.29, 1.82) is 0 Å². The van der Waals surface area contributed by atoms with Gasteiger partial charge < -0.3 is 4.57 Å². The predicted molar refractivity (Wildman–Crippen MR) is 88.5 cm³/mol. The SMILES string of the molecule is CCS(=O)(=O)CCn1c(CCCl)nc2cc(Cl)c(Cl)cc21. The Morgan fingerprint density at radius 1 is 1.24 bits per heavy atom. The van der Waals surface area contributed by atoms with E-state index in [0.29, 0.717) is 34.4 Å². The summed E-state index contributed by atoms with van der Waals surface area (Å²) in [4.78, 5) is 4.47. The summed E-state index contributed by atoms with van der Waals surface area (Å²) in [7, 11) is -3.05. The normalized spacial score (nSPS) is 12.2. The molecule has 1 aromatic heterocycles. The van der Waals surface area contributed by atoms with E-state index in [1.165, 1.54) is 0 Å². The highest BCUT2D eigenvalue weighted by Gasteiger charge is 2.15. The third-order valence-corrected chi connectivity index (χ3v) is 5.85. The van der Waals surface area contributed by atoms with Gasteiger partial charge in [0.1, 0.15) is 5.82 Å². The van der Waals surface area contributed by atoms with Gasteiger partial charge in [0.05, 0.1) is 26.8 Å². The van der Waals surface area contributed by atoms with Crippen LogP contribution in [0.15, 0.2) is 12.1 Å². The lowest BCUT2D eigenvalue weighted by molar-refractivity contribution is 0.589. The molecular weight excluding hydrogens is 355 g/mol. The maximum Gasteiger partial charge on any atom is 0.151 e. The monoisotopic (exact) mass is 368 g/mol. The Bertz CT molecular complexity index is 756. The molecule has 8 heteroatoms. The Morgan fingerprint density at radius 3 is 2.52 bits per heavy atom. The van der Waals surface area contributed by atoms with Crippen LogP contribution in [0.3, 0.4) is 0 Å². The van der Waals surface area contributed by atoms with Gasteiger partial charge in [0.15, 0.2) is 9.84 Å². The van der Waals surface area contributed by atoms with Gasteiger partial charge in [-0.1, -0.05) is 30.1 Å². The number of imidazole rings is 1. The Balaban J connectivity index is 2.48. The van der Waals surface area contributed by atoms with E-state index < -0.39 is 9.84 Å². The molecule has 0 radical (unpaired) electrons. The minimum Gasteiger partial charge on any atom is -0.327 e. The van der Waals surface area contributed by atoms with Crippen LogP contribution >= 0.6 is 34.8 Å². The average molecular weight is 370 g/mol. The van der Waals surface area contributed by atoms with Gasteiger partial charge in [-0.05, 0) is 12.1 Å². The van der Waals surface area contributed by atoms with Crippen molar-refractivity contribution in [3.8, 4) is 0 Å². The summed E-state index contributed by atoms with van der Waals surface area (Å²) in [6.07, 6.45) is 0.553. The molecule has 2 aromatic rings. The molecule has 1 aromatic carbocycles. The van der Waals surface area contributed by atoms with Crippen molar-refractivity contribution < 1.29 is 8.42 Å². The molecule has 2 rings (SSSR count). The van der Waals surface area contributed by atoms with Crippen molar-refractivity contribution >= 4 is 55.7 Å². The molecule has 0 atom stereocenters. The van der Waals surface area contributed by atoms with E-state index in [0.717, 1.165) is 11.3 Å². The molecule has 0 spiro atoms. The summed E-state index contributed by atoms with van der Waals surface area (Å²) >= 11 is 17.8. The smallest absolute Gasteiger partial charge is 0.151 e. The zero-order valence-electron chi connectivity index (χ0n) is 11.4. The van der Waals surface area contributed by atoms with Crippen LogP contribution in [0.5, 0.6) is 0 Å². The van der Waals surface area contributed by atoms with E-state index in [2.05, 4.69) is 4.98 Å². The molecule has 0 unspecified atom stereocenters. The van der Waals surface area contributed by atoms with Gasteiger partial charge >= 0.3 is 0 Å². The lowest BCUT2D eigenvalue weighted by atomic mass is 10.3. The number of aryl methyl sites for hydroxylation is 2. The first-order valence-electron chi connectivity index (χ1n) is 6.48. The lowest BCUT2D eigenvalue weighted by Gasteiger charge is -2.09. The molecule has 0 bridgehead atoms. The molecule has 1 heterocycles. The molecule has 0 saturated carbocycles. The van der Waals surface area contributed by atoms with Crippen LogP contribution < -0.4 is 0 Å². The number of rotatable bonds is 6. The Hall–Kier alpha value is -0.490. The van der Waals surface area contributed by atoms with E-state index >= 15 is 0 Å². The Morgan fingerprint density at radius 2 is 1.90 bits per heavy atom. The van der Waals surface area contributed by atoms with Crippen molar-refractivity contribution in [3.63, 3.8) is 0 Å². The minimum atomic E-state index is -3.05. The van der Waals surface area contributed by atoms with E-state index in [9.17, 15) is 8.42 Å². The van der Waals surface area contributed by atoms with Gasteiger partial charge in [-0.25, -0.2) is 13.4 Å². The van der Waals surface area contributed by atoms with Crippen LogP contribution in [-0.2, 0) is 22.8 Å². The average Bonchev–Trinajstić information content (AvgIpc) is 2.75. The van der Waals surface area contributed by atoms with Crippen molar-refractivity contribution in [1.82, 2.24) is 9.55 Å². The van der Waals surface area contributed by atoms with Gasteiger partial charge in [-0.2, -0.15) is 0 Å². The van der Waals surface area contributed by atoms with Gasteiger partial charge in [0.2, 0.25) is 0 Å². The number of nitrogens with zero attached hydrogens (tertiary/aromatic N) is 2. The molecule has 0 fully saturated rings. The van der Waals surface area contributed by atoms with Crippen molar-refractivity contribution in [3.05, 3.63) is 28.0 Å². The molecule has 0 N–H and O–H groups in total. The van der Waals surface area contributed by atoms with E-state index in [1.54, 1.807) is 19.1 Å². The zero-order valence-corrected chi connectivity index (χ0v) is 14.5. The number of halogens is 3. The van der Waals surface area contributed by atoms with Gasteiger partial charge in [-0.15, -0.1) is 11.6 Å². The zero-order chi connectivity index (χ0) is 15.6. The van der Waals surface area contributed by atoms with Crippen LogP contribution in [0.4, 0.5) is 0 Å². The fourth-order valence-corrected chi connectivity index (χ4v) is 3.30. The lowest BCUT2D eigenvalue weighted by Crippen LogP contribution is -2.16. The number of benzene rings is 1. The largest absolute Gasteiger partial charge is 0.327 e. The predicted octanol–water partition coefficient (Wildman–Crippen LogP) is 3.56. The molecule has 0 aliphatic heterocycles. The van der Waals surface area contributed by atoms with Gasteiger partial charge in [0, 0.05) is 24.6 Å². The maximum atomic E-state index is 11.7. The second-order valence-electron chi connectivity index (χ2n) is 4.61. The van der Waals surface area contributed by atoms with Crippen LogP contribution in [0.2, 0.25) is 10.0 Å². The first-order chi connectivity index (χ1) is 9.88. The maximum absolute atomic E-state index is 11.7. The second-order valence-corrected chi connectivity index (χ2v) is 8.28. The first kappa shape index (κ1) is 16.9. The summed E-state index contributed by atoms with van der Waals surface area (Å²) in [5.74, 6) is 1.33. The molecule has 116 valence electrons. The summed E-state index contributed by atoms with van der Waals surface area (Å²) < 4.78 is 25.3. The summed E-state index contributed by atoms with van der Waals surface area (Å²) in [6.45, 7) is 1.97. The standard InChI is InChI=1S/C13H15Cl3N2O2S/c1-2-21(19,20)6-5-18-12-8-10(16)9(15)7-11(12)17-13(18)3-4-14/h7-8H,2-6H2,1H3. The fraction of sp³-hybridized carbons (Fsp3) is 0.462. The molecule has 0 aliphatic rings. The van der Waals surface area contributed by atoms with Gasteiger partial charge in [0.25, 0.3) is 0 Å². The third-order valence-electron chi connectivity index (χ3n) is 3.25.